The number of fused-ring (bicyclic) bond motifs is 2. The zero-order chi connectivity index (χ0) is 29.6. The molecule has 0 aliphatic carbocycles. The van der Waals surface area contributed by atoms with Crippen molar-refractivity contribution in [1.82, 2.24) is 19.8 Å². The zero-order valence-corrected chi connectivity index (χ0v) is 23.5. The lowest BCUT2D eigenvalue weighted by Gasteiger charge is -2.14. The summed E-state index contributed by atoms with van der Waals surface area (Å²) < 4.78 is 47.8. The monoisotopic (exact) mass is 561 g/mol. The van der Waals surface area contributed by atoms with E-state index >= 15 is 0 Å². The third-order valence-corrected chi connectivity index (χ3v) is 6.11. The maximum absolute atomic E-state index is 12.5. The highest BCUT2D eigenvalue weighted by Gasteiger charge is 2.37. The average Bonchev–Trinajstić information content (AvgIpc) is 3.71. The average molecular weight is 562 g/mol. The van der Waals surface area contributed by atoms with Crippen LogP contribution in [0.2, 0.25) is 0 Å². The summed E-state index contributed by atoms with van der Waals surface area (Å²) in [6.07, 6.45) is -2.72. The molecule has 3 heterocycles. The van der Waals surface area contributed by atoms with Crippen LogP contribution in [0.3, 0.4) is 0 Å². The molecule has 0 unspecified atom stereocenters. The maximum Gasteiger partial charge on any atom is 0.468 e. The van der Waals surface area contributed by atoms with Crippen molar-refractivity contribution in [3.8, 4) is 0 Å². The Morgan fingerprint density at radius 2 is 1.65 bits per heavy atom. The van der Waals surface area contributed by atoms with Crippen molar-refractivity contribution in [1.29, 1.82) is 0 Å². The first-order valence-corrected chi connectivity index (χ1v) is 13.1. The maximum atomic E-state index is 12.5. The van der Waals surface area contributed by atoms with Crippen LogP contribution in [0.15, 0.2) is 45.2 Å². The lowest BCUT2D eigenvalue weighted by Crippen LogP contribution is -2.27. The van der Waals surface area contributed by atoms with Gasteiger partial charge in [0.2, 0.25) is 0 Å². The SMILES string of the molecule is CC.CCN(C)C(=O)c1cccc2nc(N(C)C)oc12.O=C(c1ccc2nc(C(F)(F)F)oc2c1)N1CCCC1. The molecule has 1 fully saturated rings. The van der Waals surface area contributed by atoms with Crippen molar-refractivity contribution in [3.63, 3.8) is 0 Å². The van der Waals surface area contributed by atoms with E-state index in [2.05, 4.69) is 14.4 Å². The number of likely N-dealkylation sites (tertiary alicyclic amines) is 1. The Morgan fingerprint density at radius 1 is 0.975 bits per heavy atom. The number of oxazole rings is 2. The number of benzene rings is 2. The number of hydrogen-bond acceptors (Lipinski definition) is 7. The van der Waals surface area contributed by atoms with Gasteiger partial charge >= 0.3 is 12.1 Å². The van der Waals surface area contributed by atoms with E-state index in [9.17, 15) is 22.8 Å². The summed E-state index contributed by atoms with van der Waals surface area (Å²) in [7, 11) is 5.47. The van der Waals surface area contributed by atoms with E-state index in [4.69, 9.17) is 4.42 Å². The number of nitrogens with zero attached hydrogens (tertiary/aromatic N) is 5. The van der Waals surface area contributed by atoms with Crippen LogP contribution in [-0.4, -0.2) is 72.4 Å². The van der Waals surface area contributed by atoms with Gasteiger partial charge in [-0.1, -0.05) is 19.9 Å². The summed E-state index contributed by atoms with van der Waals surface area (Å²) >= 11 is 0. The Hall–Kier alpha value is -4.09. The van der Waals surface area contributed by atoms with E-state index in [0.717, 1.165) is 12.8 Å². The smallest absolute Gasteiger partial charge is 0.433 e. The Morgan fingerprint density at radius 3 is 2.25 bits per heavy atom. The normalized spacial score (nSPS) is 13.0. The van der Waals surface area contributed by atoms with Crippen LogP contribution in [0.1, 0.15) is 60.2 Å². The van der Waals surface area contributed by atoms with Gasteiger partial charge in [-0.05, 0) is 50.1 Å². The van der Waals surface area contributed by atoms with Crippen molar-refractivity contribution in [2.45, 2.75) is 39.8 Å². The summed E-state index contributed by atoms with van der Waals surface area (Å²) in [6, 6.07) is 10.1. The van der Waals surface area contributed by atoms with E-state index in [0.29, 0.717) is 47.9 Å². The summed E-state index contributed by atoms with van der Waals surface area (Å²) in [5, 5.41) is 0. The number of aromatic nitrogens is 2. The van der Waals surface area contributed by atoms with Gasteiger partial charge in [0, 0.05) is 46.3 Å². The molecule has 40 heavy (non-hydrogen) atoms. The molecule has 4 aromatic rings. The Balaban J connectivity index is 0.000000209. The van der Waals surface area contributed by atoms with Gasteiger partial charge in [-0.15, -0.1) is 0 Å². The standard InChI is InChI=1S/C13H11F3N2O2.C13H17N3O2.C2H6/c14-13(15,16)12-17-9-4-3-8(7-10(9)20-12)11(19)18-5-1-2-6-18;1-5-16(4)12(17)9-7-6-8-10-11(9)18-13(14-10)15(2)3;1-2/h3-4,7H,1-2,5-6H2;6-8H,5H2,1-4H3;1-2H3. The van der Waals surface area contributed by atoms with Gasteiger partial charge < -0.3 is 23.5 Å². The molecule has 2 aromatic carbocycles. The molecule has 5 rings (SSSR count). The van der Waals surface area contributed by atoms with Gasteiger partial charge in [-0.2, -0.15) is 18.2 Å². The van der Waals surface area contributed by atoms with E-state index in [1.807, 2.05) is 47.0 Å². The molecule has 1 saturated heterocycles. The second-order valence-corrected chi connectivity index (χ2v) is 9.06. The van der Waals surface area contributed by atoms with E-state index < -0.39 is 12.1 Å². The fourth-order valence-corrected chi connectivity index (χ4v) is 3.93. The van der Waals surface area contributed by atoms with Crippen molar-refractivity contribution >= 4 is 40.0 Å². The molecule has 12 heteroatoms. The fourth-order valence-electron chi connectivity index (χ4n) is 3.93. The molecular formula is C28H34F3N5O4. The summed E-state index contributed by atoms with van der Waals surface area (Å²) in [5.74, 6) is -1.53. The Labute approximate surface area is 230 Å². The first-order valence-electron chi connectivity index (χ1n) is 13.1. The molecular weight excluding hydrogens is 527 g/mol. The van der Waals surface area contributed by atoms with Gasteiger partial charge in [0.25, 0.3) is 17.8 Å². The highest BCUT2D eigenvalue weighted by atomic mass is 19.4. The van der Waals surface area contributed by atoms with Crippen LogP contribution in [0.4, 0.5) is 19.2 Å². The molecule has 216 valence electrons. The number of halogens is 3. The molecule has 1 aliphatic heterocycles. The van der Waals surface area contributed by atoms with E-state index in [-0.39, 0.29) is 22.9 Å². The minimum Gasteiger partial charge on any atom is -0.433 e. The molecule has 1 aliphatic rings. The molecule has 0 N–H and O–H groups in total. The number of hydrogen-bond donors (Lipinski definition) is 0. The van der Waals surface area contributed by atoms with Crippen molar-refractivity contribution in [3.05, 3.63) is 53.4 Å². The van der Waals surface area contributed by atoms with E-state index in [1.165, 1.54) is 18.2 Å². The number of rotatable bonds is 4. The lowest BCUT2D eigenvalue weighted by atomic mass is 10.2. The van der Waals surface area contributed by atoms with Crippen LogP contribution in [0.5, 0.6) is 0 Å². The lowest BCUT2D eigenvalue weighted by molar-refractivity contribution is -0.156. The predicted molar refractivity (Wildman–Crippen MR) is 146 cm³/mol. The van der Waals surface area contributed by atoms with Crippen LogP contribution in [0.25, 0.3) is 22.2 Å². The Bertz CT molecular complexity index is 1460. The number of carbonyl (C=O) groups excluding carboxylic acids is 2. The molecule has 9 nitrogen and oxygen atoms in total. The Kier molecular flexibility index (Phi) is 9.78. The van der Waals surface area contributed by atoms with Crippen molar-refractivity contribution < 1.29 is 31.6 Å². The number of anilines is 1. The molecule has 0 radical (unpaired) electrons. The number of para-hydroxylation sites is 1. The third-order valence-electron chi connectivity index (χ3n) is 6.11. The molecule has 2 amide bonds. The van der Waals surface area contributed by atoms with Gasteiger partial charge in [0.1, 0.15) is 11.0 Å². The van der Waals surface area contributed by atoms with Crippen molar-refractivity contribution in [2.75, 3.05) is 45.7 Å². The largest absolute Gasteiger partial charge is 0.468 e. The first-order chi connectivity index (χ1) is 19.0. The number of amides is 2. The second kappa shape index (κ2) is 12.8. The molecule has 0 spiro atoms. The fraction of sp³-hybridized carbons (Fsp3) is 0.429. The highest BCUT2D eigenvalue weighted by Crippen LogP contribution is 2.31. The van der Waals surface area contributed by atoms with Crippen LogP contribution < -0.4 is 4.90 Å². The minimum atomic E-state index is -4.63. The van der Waals surface area contributed by atoms with Gasteiger partial charge in [0.05, 0.1) is 5.56 Å². The minimum absolute atomic E-state index is 0.0256. The van der Waals surface area contributed by atoms with Crippen LogP contribution in [0, 0.1) is 0 Å². The quantitative estimate of drug-likeness (QED) is 0.297. The molecule has 2 aromatic heterocycles. The van der Waals surface area contributed by atoms with Crippen LogP contribution >= 0.6 is 0 Å². The summed E-state index contributed by atoms with van der Waals surface area (Å²) in [5.41, 5.74) is 2.19. The van der Waals surface area contributed by atoms with Gasteiger partial charge in [-0.25, -0.2) is 4.98 Å². The highest BCUT2D eigenvalue weighted by molar-refractivity contribution is 6.04. The molecule has 0 bridgehead atoms. The van der Waals surface area contributed by atoms with Gasteiger partial charge in [0.15, 0.2) is 11.2 Å². The number of alkyl halides is 3. The predicted octanol–water partition coefficient (Wildman–Crippen LogP) is 6.09. The third kappa shape index (κ3) is 6.72. The topological polar surface area (TPSA) is 95.9 Å². The summed E-state index contributed by atoms with van der Waals surface area (Å²) in [6.45, 7) is 7.95. The van der Waals surface area contributed by atoms with Crippen molar-refractivity contribution in [2.24, 2.45) is 0 Å². The zero-order valence-electron chi connectivity index (χ0n) is 23.5. The van der Waals surface area contributed by atoms with E-state index in [1.54, 1.807) is 27.8 Å². The van der Waals surface area contributed by atoms with Crippen LogP contribution in [-0.2, 0) is 6.18 Å². The first kappa shape index (κ1) is 30.5. The molecule has 0 atom stereocenters. The molecule has 0 saturated carbocycles. The number of carbonyl (C=O) groups is 2. The summed E-state index contributed by atoms with van der Waals surface area (Å²) in [4.78, 5) is 37.1. The second-order valence-electron chi connectivity index (χ2n) is 9.06. The van der Waals surface area contributed by atoms with Gasteiger partial charge in [-0.3, -0.25) is 9.59 Å².